The number of hydrogen-bond acceptors (Lipinski definition) is 4. The van der Waals surface area contributed by atoms with E-state index in [2.05, 4.69) is 35.7 Å². The maximum Gasteiger partial charge on any atom is 0.222 e. The largest absolute Gasteiger partial charge is 0.439 e. The molecule has 0 saturated heterocycles. The fourth-order valence-corrected chi connectivity index (χ4v) is 4.20. The second-order valence-corrected chi connectivity index (χ2v) is 8.71. The summed E-state index contributed by atoms with van der Waals surface area (Å²) in [6.45, 7) is 5.62. The molecule has 0 aliphatic heterocycles. The molecule has 1 N–H and O–H groups in total. The number of para-hydroxylation sites is 1. The Balaban J connectivity index is 1.70. The second-order valence-electron chi connectivity index (χ2n) is 8.71. The second kappa shape index (κ2) is 12.2. The van der Waals surface area contributed by atoms with Crippen molar-refractivity contribution in [2.75, 3.05) is 6.54 Å². The van der Waals surface area contributed by atoms with E-state index in [0.717, 1.165) is 29.0 Å². The lowest BCUT2D eigenvalue weighted by Crippen LogP contribution is -2.32. The molecule has 5 nitrogen and oxygen atoms in total. The van der Waals surface area contributed by atoms with Gasteiger partial charge in [0.25, 0.3) is 0 Å². The first-order valence-electron chi connectivity index (χ1n) is 12.0. The molecule has 0 bridgehead atoms. The van der Waals surface area contributed by atoms with Gasteiger partial charge in [-0.25, -0.2) is 4.68 Å². The maximum atomic E-state index is 10.8. The Kier molecular flexibility index (Phi) is 8.49. The molecule has 0 aliphatic rings. The number of aliphatic hydroxyl groups excluding tert-OH is 1. The molecule has 3 aromatic carbocycles. The molecule has 1 atom stereocenters. The summed E-state index contributed by atoms with van der Waals surface area (Å²) in [5.74, 6) is 1.46. The molecule has 0 radical (unpaired) electrons. The van der Waals surface area contributed by atoms with Crippen molar-refractivity contribution >= 4 is 0 Å². The molecule has 5 heteroatoms. The molecule has 0 saturated carbocycles. The molecule has 180 valence electrons. The minimum atomic E-state index is -0.452. The first kappa shape index (κ1) is 24.5. The van der Waals surface area contributed by atoms with Gasteiger partial charge in [-0.2, -0.15) is 5.10 Å². The van der Waals surface area contributed by atoms with Crippen LogP contribution in [0, 0.1) is 0 Å². The van der Waals surface area contributed by atoms with E-state index in [9.17, 15) is 5.11 Å². The standard InChI is InChI=1S/C30H33N3O2/c1-3-4-18-26(34)22-33(21-24-14-8-5-9-15-24)23-28-29(25-16-10-6-11-17-25)31-32(2)30(28)35-27-19-12-7-13-20-27/h3,5-17,19-20,26,34H,1,4,18,21-23H2,2H3. The zero-order chi connectivity index (χ0) is 24.5. The molecule has 1 heterocycles. The quantitative estimate of drug-likeness (QED) is 0.252. The predicted molar refractivity (Wildman–Crippen MR) is 141 cm³/mol. The van der Waals surface area contributed by atoms with Crippen LogP contribution in [0.2, 0.25) is 0 Å². The highest BCUT2D eigenvalue weighted by molar-refractivity contribution is 5.65. The van der Waals surface area contributed by atoms with E-state index in [0.29, 0.717) is 31.9 Å². The number of aliphatic hydroxyl groups is 1. The summed E-state index contributed by atoms with van der Waals surface area (Å²) in [6.07, 6.45) is 2.86. The molecule has 4 aromatic rings. The van der Waals surface area contributed by atoms with E-state index in [1.165, 1.54) is 5.56 Å². The van der Waals surface area contributed by atoms with E-state index in [1.54, 1.807) is 4.68 Å². The summed E-state index contributed by atoms with van der Waals surface area (Å²) >= 11 is 0. The van der Waals surface area contributed by atoms with Gasteiger partial charge in [-0.1, -0.05) is 84.9 Å². The van der Waals surface area contributed by atoms with Crippen LogP contribution in [-0.2, 0) is 20.1 Å². The fraction of sp³-hybridized carbons (Fsp3) is 0.233. The lowest BCUT2D eigenvalue weighted by Gasteiger charge is -2.26. The predicted octanol–water partition coefficient (Wildman–Crippen LogP) is 6.21. The molecule has 0 amide bonds. The first-order chi connectivity index (χ1) is 17.1. The first-order valence-corrected chi connectivity index (χ1v) is 12.0. The molecule has 35 heavy (non-hydrogen) atoms. The van der Waals surface area contributed by atoms with Crippen molar-refractivity contribution in [2.24, 2.45) is 7.05 Å². The average Bonchev–Trinajstić information content (AvgIpc) is 3.19. The van der Waals surface area contributed by atoms with Gasteiger partial charge in [0, 0.05) is 32.2 Å². The van der Waals surface area contributed by atoms with Gasteiger partial charge < -0.3 is 9.84 Å². The van der Waals surface area contributed by atoms with Crippen LogP contribution in [-0.4, -0.2) is 32.4 Å². The molecule has 1 unspecified atom stereocenters. The van der Waals surface area contributed by atoms with Crippen LogP contribution < -0.4 is 4.74 Å². The minimum Gasteiger partial charge on any atom is -0.439 e. The van der Waals surface area contributed by atoms with E-state index in [1.807, 2.05) is 79.9 Å². The number of ether oxygens (including phenoxy) is 1. The number of nitrogens with zero attached hydrogens (tertiary/aromatic N) is 3. The molecule has 0 spiro atoms. The van der Waals surface area contributed by atoms with Crippen molar-refractivity contribution in [3.63, 3.8) is 0 Å². The van der Waals surface area contributed by atoms with Crippen molar-refractivity contribution < 1.29 is 9.84 Å². The molecular weight excluding hydrogens is 434 g/mol. The van der Waals surface area contributed by atoms with Gasteiger partial charge in [-0.15, -0.1) is 6.58 Å². The molecule has 0 aliphatic carbocycles. The number of aromatic nitrogens is 2. The number of benzene rings is 3. The molecule has 4 rings (SSSR count). The van der Waals surface area contributed by atoms with E-state index in [-0.39, 0.29) is 0 Å². The topological polar surface area (TPSA) is 50.5 Å². The van der Waals surface area contributed by atoms with Crippen molar-refractivity contribution in [3.8, 4) is 22.9 Å². The third-order valence-corrected chi connectivity index (χ3v) is 5.90. The van der Waals surface area contributed by atoms with Crippen molar-refractivity contribution in [3.05, 3.63) is 115 Å². The third-order valence-electron chi connectivity index (χ3n) is 5.90. The van der Waals surface area contributed by atoms with E-state index in [4.69, 9.17) is 9.84 Å². The SMILES string of the molecule is C=CCCC(O)CN(Cc1ccccc1)Cc1c(-c2ccccc2)nn(C)c1Oc1ccccc1. The fourth-order valence-electron chi connectivity index (χ4n) is 4.20. The minimum absolute atomic E-state index is 0.452. The molecule has 1 aromatic heterocycles. The Bertz CT molecular complexity index is 1190. The van der Waals surface area contributed by atoms with E-state index >= 15 is 0 Å². The average molecular weight is 468 g/mol. The smallest absolute Gasteiger partial charge is 0.222 e. The summed E-state index contributed by atoms with van der Waals surface area (Å²) in [4.78, 5) is 2.27. The van der Waals surface area contributed by atoms with Gasteiger partial charge in [0.15, 0.2) is 0 Å². The Hall–Kier alpha value is -3.67. The van der Waals surface area contributed by atoms with Gasteiger partial charge in [-0.3, -0.25) is 4.90 Å². The lowest BCUT2D eigenvalue weighted by atomic mass is 10.1. The number of aryl methyl sites for hydroxylation is 1. The summed E-state index contributed by atoms with van der Waals surface area (Å²) < 4.78 is 8.17. The van der Waals surface area contributed by atoms with Crippen LogP contribution in [0.3, 0.4) is 0 Å². The van der Waals surface area contributed by atoms with Crippen molar-refractivity contribution in [2.45, 2.75) is 32.0 Å². The Morgan fingerprint density at radius 1 is 0.943 bits per heavy atom. The van der Waals surface area contributed by atoms with Gasteiger partial charge in [-0.05, 0) is 30.5 Å². The van der Waals surface area contributed by atoms with Gasteiger partial charge in [0.2, 0.25) is 5.88 Å². The highest BCUT2D eigenvalue weighted by atomic mass is 16.5. The van der Waals surface area contributed by atoms with Crippen LogP contribution in [0.1, 0.15) is 24.0 Å². The van der Waals surface area contributed by atoms with Crippen LogP contribution in [0.15, 0.2) is 104 Å². The monoisotopic (exact) mass is 467 g/mol. The van der Waals surface area contributed by atoms with Gasteiger partial charge >= 0.3 is 0 Å². The summed E-state index contributed by atoms with van der Waals surface area (Å²) in [5, 5.41) is 15.6. The van der Waals surface area contributed by atoms with Crippen LogP contribution in [0.4, 0.5) is 0 Å². The maximum absolute atomic E-state index is 10.8. The Labute approximate surface area is 207 Å². The summed E-state index contributed by atoms with van der Waals surface area (Å²) in [6, 6.07) is 30.3. The molecule has 0 fully saturated rings. The van der Waals surface area contributed by atoms with Crippen LogP contribution in [0.5, 0.6) is 11.6 Å². The normalized spacial score (nSPS) is 12.0. The third kappa shape index (κ3) is 6.69. The number of hydrogen-bond donors (Lipinski definition) is 1. The zero-order valence-corrected chi connectivity index (χ0v) is 20.3. The van der Waals surface area contributed by atoms with E-state index < -0.39 is 6.10 Å². The lowest BCUT2D eigenvalue weighted by molar-refractivity contribution is 0.0980. The number of rotatable bonds is 12. The van der Waals surface area contributed by atoms with Gasteiger partial charge in [0.05, 0.1) is 11.7 Å². The highest BCUT2D eigenvalue weighted by Crippen LogP contribution is 2.34. The summed E-state index contributed by atoms with van der Waals surface area (Å²) in [5.41, 5.74) is 4.11. The van der Waals surface area contributed by atoms with Gasteiger partial charge in [0.1, 0.15) is 11.4 Å². The van der Waals surface area contributed by atoms with Crippen molar-refractivity contribution in [1.29, 1.82) is 0 Å². The Morgan fingerprint density at radius 2 is 1.57 bits per heavy atom. The molecular formula is C30H33N3O2. The highest BCUT2D eigenvalue weighted by Gasteiger charge is 2.23. The Morgan fingerprint density at radius 3 is 2.23 bits per heavy atom. The summed E-state index contributed by atoms with van der Waals surface area (Å²) in [7, 11) is 1.91. The van der Waals surface area contributed by atoms with Crippen molar-refractivity contribution in [1.82, 2.24) is 14.7 Å². The van der Waals surface area contributed by atoms with Crippen LogP contribution >= 0.6 is 0 Å². The zero-order valence-electron chi connectivity index (χ0n) is 20.3. The van der Waals surface area contributed by atoms with Crippen LogP contribution in [0.25, 0.3) is 11.3 Å². The number of allylic oxidation sites excluding steroid dienone is 1.